The quantitative estimate of drug-likeness (QED) is 0.0375. The van der Waals surface area contributed by atoms with Gasteiger partial charge in [0.15, 0.2) is 18.3 Å². The lowest BCUT2D eigenvalue weighted by Crippen LogP contribution is -2.49. The van der Waals surface area contributed by atoms with Gasteiger partial charge in [-0.05, 0) is 133 Å². The van der Waals surface area contributed by atoms with Gasteiger partial charge in [-0.3, -0.25) is 4.79 Å². The molecule has 472 valence electrons. The molecule has 4 aromatic rings. The fourth-order valence-electron chi connectivity index (χ4n) is 18.8. The third-order valence-electron chi connectivity index (χ3n) is 22.6. The Morgan fingerprint density at radius 2 is 1.79 bits per heavy atom. The number of phenolic OH excluding ortho intramolecular Hbond substituents is 2. The van der Waals surface area contributed by atoms with Crippen LogP contribution in [0.2, 0.25) is 0 Å². The van der Waals surface area contributed by atoms with Crippen LogP contribution in [-0.4, -0.2) is 103 Å². The molecule has 5 aliphatic carbocycles. The minimum absolute atomic E-state index is 0.00605. The fraction of sp³-hybridized carbons (Fsp3) is 0.527. The molecule has 15 rings (SSSR count). The van der Waals surface area contributed by atoms with Crippen LogP contribution in [0.5, 0.6) is 28.7 Å². The lowest BCUT2D eigenvalue weighted by atomic mass is 9.55. The minimum Gasteiger partial charge on any atom is -0.508 e. The average Bonchev–Trinajstić information content (AvgIpc) is 1.44. The smallest absolute Gasteiger partial charge is 0.302 e. The summed E-state index contributed by atoms with van der Waals surface area (Å²) in [6.07, 6.45) is 20.5. The summed E-state index contributed by atoms with van der Waals surface area (Å²) in [5.41, 5.74) is 17.8. The van der Waals surface area contributed by atoms with Gasteiger partial charge in [0.1, 0.15) is 42.0 Å². The Balaban J connectivity index is 1.08. The van der Waals surface area contributed by atoms with Crippen molar-refractivity contribution in [1.82, 2.24) is 16.0 Å². The van der Waals surface area contributed by atoms with Crippen molar-refractivity contribution in [1.29, 1.82) is 0 Å². The molecule has 6 aliphatic heterocycles. The molecule has 0 radical (unpaired) electrons. The standard InChI is InChI=1S/C74H84N4O10S2/c1-41(81)85-37-58-52-15-16-54-64-47(29-51(82)30-61(64)86-40-80)32-73-25-22-46(31-73)67-53-18-21-63(75)78-59(53)19-14-44-12-13-45(26-42-8-6-10-49(27-42)74(67)23-4-3-5-24-74)57(36-84-2)48(35-79)33-76-34-56-65(44)66(70(58)88-71(52)68(54)73)55-17-20-60-62(87-72(55)69(56)83)39-90-89-38-43-9-7-11-50(28-43)77-60/h6,8,10,15-18,20-21,27,29-30,43-46,48,50,57-58,60,62-63,67,70,76-80,82-83H,3-5,7,9,11,22-26,28,31-40,75H2,1-2H3. The summed E-state index contributed by atoms with van der Waals surface area (Å²) >= 11 is 0. The Kier molecular flexibility index (Phi) is 16.6. The summed E-state index contributed by atoms with van der Waals surface area (Å²) in [6.45, 7) is 1.65. The van der Waals surface area contributed by atoms with Gasteiger partial charge in [0.25, 0.3) is 0 Å². The number of esters is 1. The number of dihydropyridines is 1. The molecule has 9 N–H and O–H groups in total. The van der Waals surface area contributed by atoms with Gasteiger partial charge < -0.3 is 65.8 Å². The van der Waals surface area contributed by atoms with Crippen molar-refractivity contribution in [3.05, 3.63) is 128 Å². The van der Waals surface area contributed by atoms with Gasteiger partial charge in [0.05, 0.1) is 30.4 Å². The van der Waals surface area contributed by atoms with Crippen molar-refractivity contribution < 1.29 is 48.9 Å². The second-order valence-electron chi connectivity index (χ2n) is 27.7. The highest BCUT2D eigenvalue weighted by atomic mass is 33.1. The lowest BCUT2D eigenvalue weighted by molar-refractivity contribution is -0.141. The van der Waals surface area contributed by atoms with E-state index in [0.29, 0.717) is 71.9 Å². The number of aliphatic hydroxyl groups excluding tert-OH is 2. The van der Waals surface area contributed by atoms with Gasteiger partial charge in [-0.25, -0.2) is 0 Å². The Hall–Kier alpha value is -6.05. The fourth-order valence-corrected chi connectivity index (χ4v) is 21.4. The number of phenols is 2. The van der Waals surface area contributed by atoms with Crippen LogP contribution < -0.4 is 35.9 Å². The first-order valence-electron chi connectivity index (χ1n) is 33.2. The Labute approximate surface area is 536 Å². The number of fused-ring (bicyclic) bond motifs is 16. The van der Waals surface area contributed by atoms with Crippen LogP contribution in [0, 0.1) is 59.2 Å². The zero-order chi connectivity index (χ0) is 61.4. The number of aliphatic hydroxyl groups is 2. The molecule has 1 saturated heterocycles. The first-order valence-corrected chi connectivity index (χ1v) is 35.6. The molecule has 16 heteroatoms. The summed E-state index contributed by atoms with van der Waals surface area (Å²) in [6, 6.07) is 17.2. The maximum absolute atomic E-state index is 13.7. The van der Waals surface area contributed by atoms with Gasteiger partial charge in [-0.2, -0.15) is 0 Å². The van der Waals surface area contributed by atoms with Crippen molar-refractivity contribution in [2.45, 2.75) is 156 Å². The van der Waals surface area contributed by atoms with Crippen LogP contribution in [0.4, 0.5) is 0 Å². The van der Waals surface area contributed by atoms with Gasteiger partial charge >= 0.3 is 5.97 Å². The molecule has 2 spiro atoms. The minimum atomic E-state index is -0.874. The first kappa shape index (κ1) is 60.2. The summed E-state index contributed by atoms with van der Waals surface area (Å²) in [5, 5.41) is 59.1. The number of nitrogens with one attached hydrogen (secondary N) is 3. The molecule has 11 bridgehead atoms. The molecule has 11 aliphatic rings. The number of aromatic hydroxyl groups is 2. The number of carbonyl (C=O) groups is 1. The Morgan fingerprint density at radius 1 is 0.911 bits per heavy atom. The molecule has 6 heterocycles. The summed E-state index contributed by atoms with van der Waals surface area (Å²) < 4.78 is 34.1. The number of hydrogen-bond acceptors (Lipinski definition) is 16. The van der Waals surface area contributed by atoms with E-state index < -0.39 is 42.3 Å². The number of methoxy groups -OCH3 is 1. The Morgan fingerprint density at radius 3 is 2.63 bits per heavy atom. The number of benzene rings is 4. The lowest BCUT2D eigenvalue weighted by Gasteiger charge is -2.49. The van der Waals surface area contributed by atoms with Crippen molar-refractivity contribution in [3.63, 3.8) is 0 Å². The molecule has 0 aromatic heterocycles. The number of carbonyl (C=O) groups excluding carboxylic acids is 1. The normalized spacial score (nSPS) is 32.3. The molecule has 3 saturated carbocycles. The molecule has 0 amide bonds. The summed E-state index contributed by atoms with van der Waals surface area (Å²) in [4.78, 5) is 13.4. The largest absolute Gasteiger partial charge is 0.508 e. The SMILES string of the molecule is COCC1C2C#CC3C#CC4=C(C=CC(N)N4)C(C4CCC5(Cc6cc(O)cc(OCO)c6-c6ccc7c(c65)OC(c5c6c(c(O)c(c53)CNCC1CO)OC1CSSCC3CCCC(C3)NC1C=C6)C7COC(C)=O)C4)C1(CCCCC1)c1cccc(c1)C2. The first-order chi connectivity index (χ1) is 43.9. The maximum Gasteiger partial charge on any atom is 0.302 e. The van der Waals surface area contributed by atoms with E-state index in [2.05, 4.69) is 100 Å². The van der Waals surface area contributed by atoms with Crippen molar-refractivity contribution in [2.24, 2.45) is 41.2 Å². The third-order valence-corrected chi connectivity index (χ3v) is 25.1. The summed E-state index contributed by atoms with van der Waals surface area (Å²) in [5.74, 6) is 16.9. The molecular formula is C74H84N4O10S2. The predicted octanol–water partition coefficient (Wildman–Crippen LogP) is 10.6. The van der Waals surface area contributed by atoms with E-state index in [1.165, 1.54) is 24.5 Å². The molecule has 4 aromatic carbocycles. The van der Waals surface area contributed by atoms with Crippen LogP contribution in [0.15, 0.2) is 78.0 Å². The molecule has 14 nitrogen and oxygen atoms in total. The molecule has 90 heavy (non-hydrogen) atoms. The van der Waals surface area contributed by atoms with Crippen LogP contribution in [-0.2, 0) is 44.5 Å². The van der Waals surface area contributed by atoms with Crippen LogP contribution in [0.1, 0.15) is 152 Å². The number of ether oxygens (including phenoxy) is 5. The zero-order valence-corrected chi connectivity index (χ0v) is 53.3. The highest BCUT2D eigenvalue weighted by Gasteiger charge is 2.57. The van der Waals surface area contributed by atoms with E-state index in [9.17, 15) is 25.2 Å². The third kappa shape index (κ3) is 10.6. The topological polar surface area (TPSA) is 206 Å². The van der Waals surface area contributed by atoms with Crippen LogP contribution in [0.25, 0.3) is 17.2 Å². The number of hydrogen-bond donors (Lipinski definition) is 8. The molecule has 14 atom stereocenters. The van der Waals surface area contributed by atoms with Gasteiger partial charge in [-0.15, -0.1) is 0 Å². The van der Waals surface area contributed by atoms with Crippen molar-refractivity contribution in [2.75, 3.05) is 51.8 Å². The Bertz CT molecular complexity index is 3720. The second kappa shape index (κ2) is 24.8. The van der Waals surface area contributed by atoms with Crippen molar-refractivity contribution in [3.8, 4) is 63.6 Å². The van der Waals surface area contributed by atoms with E-state index in [1.807, 2.05) is 27.7 Å². The molecule has 4 fully saturated rings. The molecular weight excluding hydrogens is 1170 g/mol. The second-order valence-corrected chi connectivity index (χ2v) is 30.3. The van der Waals surface area contributed by atoms with Crippen LogP contribution >= 0.6 is 21.6 Å². The van der Waals surface area contributed by atoms with E-state index in [1.54, 1.807) is 13.2 Å². The highest BCUT2D eigenvalue weighted by Crippen LogP contribution is 2.66. The number of allylic oxidation sites excluding steroid dienone is 3. The van der Waals surface area contributed by atoms with E-state index in [0.717, 1.165) is 127 Å². The van der Waals surface area contributed by atoms with E-state index in [4.69, 9.17) is 29.4 Å². The zero-order valence-electron chi connectivity index (χ0n) is 51.6. The van der Waals surface area contributed by atoms with Gasteiger partial charge in [0, 0.05) is 119 Å². The van der Waals surface area contributed by atoms with Crippen LogP contribution in [0.3, 0.4) is 0 Å². The summed E-state index contributed by atoms with van der Waals surface area (Å²) in [7, 11) is 5.48. The maximum atomic E-state index is 13.7. The van der Waals surface area contributed by atoms with E-state index >= 15 is 0 Å². The molecule has 14 unspecified atom stereocenters. The monoisotopic (exact) mass is 1250 g/mol. The van der Waals surface area contributed by atoms with E-state index in [-0.39, 0.29) is 78.4 Å². The number of rotatable bonds is 7. The van der Waals surface area contributed by atoms with Gasteiger partial charge in [0.2, 0.25) is 0 Å². The van der Waals surface area contributed by atoms with Crippen molar-refractivity contribution >= 4 is 33.6 Å². The number of nitrogens with two attached hydrogens (primary N) is 1. The van der Waals surface area contributed by atoms with Gasteiger partial charge in [-0.1, -0.05) is 120 Å². The average molecular weight is 1250 g/mol. The predicted molar refractivity (Wildman–Crippen MR) is 351 cm³/mol. The highest BCUT2D eigenvalue weighted by molar-refractivity contribution is 8.76.